The summed E-state index contributed by atoms with van der Waals surface area (Å²) in [6.07, 6.45) is 0. The zero-order chi connectivity index (χ0) is 14.7. The van der Waals surface area contributed by atoms with Gasteiger partial charge in [-0.1, -0.05) is 35.5 Å². The number of aromatic amines is 1. The molecular weight excluding hydrogens is 324 g/mol. The molecule has 0 saturated carbocycles. The Morgan fingerprint density at radius 2 is 2.24 bits per heavy atom. The van der Waals surface area contributed by atoms with E-state index in [0.717, 1.165) is 20.9 Å². The van der Waals surface area contributed by atoms with E-state index in [1.807, 2.05) is 24.3 Å². The molecule has 1 aromatic carbocycles. The maximum absolute atomic E-state index is 5.91. The first-order valence-corrected chi connectivity index (χ1v) is 8.50. The van der Waals surface area contributed by atoms with Crippen LogP contribution in [-0.4, -0.2) is 15.2 Å². The van der Waals surface area contributed by atoms with E-state index >= 15 is 0 Å². The Morgan fingerprint density at radius 1 is 1.33 bits per heavy atom. The average molecular weight is 337 g/mol. The molecule has 4 nitrogen and oxygen atoms in total. The highest BCUT2D eigenvalue weighted by atomic mass is 35.5. The molecule has 0 aliphatic carbocycles. The van der Waals surface area contributed by atoms with Gasteiger partial charge in [-0.15, -0.1) is 16.4 Å². The fourth-order valence-corrected chi connectivity index (χ4v) is 3.72. The van der Waals surface area contributed by atoms with Crippen LogP contribution in [0.15, 0.2) is 41.6 Å². The van der Waals surface area contributed by atoms with Crippen molar-refractivity contribution < 1.29 is 0 Å². The number of thioether (sulfide) groups is 1. The first-order valence-electron chi connectivity index (χ1n) is 6.32. The standard InChI is InChI=1S/C14H13ClN4S2/c1-9-3-2-4-10(7-9)16-13-17-14(19-18-13)20-8-11-5-6-12(15)21-11/h2-7H,8H2,1H3,(H2,16,17,18,19). The van der Waals surface area contributed by atoms with Crippen molar-refractivity contribution in [3.63, 3.8) is 0 Å². The molecule has 3 rings (SSSR count). The molecule has 0 aliphatic heterocycles. The summed E-state index contributed by atoms with van der Waals surface area (Å²) in [6, 6.07) is 12.0. The predicted molar refractivity (Wildman–Crippen MR) is 89.7 cm³/mol. The van der Waals surface area contributed by atoms with Crippen molar-refractivity contribution in [3.05, 3.63) is 51.2 Å². The van der Waals surface area contributed by atoms with E-state index in [2.05, 4.69) is 39.6 Å². The molecule has 0 amide bonds. The summed E-state index contributed by atoms with van der Waals surface area (Å²) in [4.78, 5) is 5.63. The predicted octanol–water partition coefficient (Wildman–Crippen LogP) is 4.86. The zero-order valence-corrected chi connectivity index (χ0v) is 13.6. The lowest BCUT2D eigenvalue weighted by molar-refractivity contribution is 0.973. The van der Waals surface area contributed by atoms with Crippen LogP contribution >= 0.6 is 34.7 Å². The average Bonchev–Trinajstić information content (AvgIpc) is 3.06. The Balaban J connectivity index is 1.61. The first kappa shape index (κ1) is 14.4. The molecule has 0 bridgehead atoms. The number of hydrogen-bond acceptors (Lipinski definition) is 5. The summed E-state index contributed by atoms with van der Waals surface area (Å²) in [5, 5.41) is 11.0. The third kappa shape index (κ3) is 4.00. The molecule has 0 aliphatic rings. The van der Waals surface area contributed by atoms with Crippen LogP contribution in [0, 0.1) is 6.92 Å². The zero-order valence-electron chi connectivity index (χ0n) is 11.3. The molecule has 7 heteroatoms. The van der Waals surface area contributed by atoms with E-state index in [1.54, 1.807) is 23.1 Å². The van der Waals surface area contributed by atoms with Gasteiger partial charge in [-0.05, 0) is 36.8 Å². The van der Waals surface area contributed by atoms with Gasteiger partial charge in [0.1, 0.15) is 0 Å². The Hall–Kier alpha value is -1.50. The number of H-pyrrole nitrogens is 1. The van der Waals surface area contributed by atoms with Crippen molar-refractivity contribution >= 4 is 46.3 Å². The van der Waals surface area contributed by atoms with Crippen molar-refractivity contribution in [1.29, 1.82) is 0 Å². The first-order chi connectivity index (χ1) is 10.2. The number of hydrogen-bond donors (Lipinski definition) is 2. The number of thiophene rings is 1. The van der Waals surface area contributed by atoms with Crippen molar-refractivity contribution in [3.8, 4) is 0 Å². The molecule has 21 heavy (non-hydrogen) atoms. The van der Waals surface area contributed by atoms with Crippen molar-refractivity contribution in [1.82, 2.24) is 15.2 Å². The quantitative estimate of drug-likeness (QED) is 0.653. The lowest BCUT2D eigenvalue weighted by Gasteiger charge is -2.02. The Kier molecular flexibility index (Phi) is 4.48. The molecule has 0 saturated heterocycles. The molecule has 0 radical (unpaired) electrons. The van der Waals surface area contributed by atoms with E-state index in [0.29, 0.717) is 5.95 Å². The lowest BCUT2D eigenvalue weighted by atomic mass is 10.2. The van der Waals surface area contributed by atoms with E-state index in [1.165, 1.54) is 10.4 Å². The van der Waals surface area contributed by atoms with Crippen molar-refractivity contribution in [2.24, 2.45) is 0 Å². The molecule has 0 unspecified atom stereocenters. The van der Waals surface area contributed by atoms with Crippen LogP contribution in [0.2, 0.25) is 4.34 Å². The number of aromatic nitrogens is 3. The largest absolute Gasteiger partial charge is 0.325 e. The van der Waals surface area contributed by atoms with Crippen LogP contribution in [0.3, 0.4) is 0 Å². The van der Waals surface area contributed by atoms with Gasteiger partial charge in [-0.25, -0.2) is 5.10 Å². The summed E-state index contributed by atoms with van der Waals surface area (Å²) >= 11 is 9.07. The molecule has 108 valence electrons. The van der Waals surface area contributed by atoms with Crippen LogP contribution in [0.1, 0.15) is 10.4 Å². The van der Waals surface area contributed by atoms with Crippen LogP contribution in [0.4, 0.5) is 11.6 Å². The molecule has 2 aromatic heterocycles. The van der Waals surface area contributed by atoms with Crippen LogP contribution in [0.25, 0.3) is 0 Å². The molecular formula is C14H13ClN4S2. The number of nitrogens with one attached hydrogen (secondary N) is 2. The fraction of sp³-hybridized carbons (Fsp3) is 0.143. The van der Waals surface area contributed by atoms with Gasteiger partial charge in [0.15, 0.2) is 0 Å². The van der Waals surface area contributed by atoms with Gasteiger partial charge < -0.3 is 5.32 Å². The number of aryl methyl sites for hydroxylation is 1. The maximum atomic E-state index is 5.91. The SMILES string of the molecule is Cc1cccc(Nc2nc(SCc3ccc(Cl)s3)n[nH]2)c1. The van der Waals surface area contributed by atoms with Gasteiger partial charge in [0.25, 0.3) is 0 Å². The van der Waals surface area contributed by atoms with E-state index in [4.69, 9.17) is 11.6 Å². The lowest BCUT2D eigenvalue weighted by Crippen LogP contribution is -1.92. The number of nitrogens with zero attached hydrogens (tertiary/aromatic N) is 2. The minimum atomic E-state index is 0.646. The van der Waals surface area contributed by atoms with Crippen LogP contribution in [0.5, 0.6) is 0 Å². The van der Waals surface area contributed by atoms with Crippen LogP contribution < -0.4 is 5.32 Å². The highest BCUT2D eigenvalue weighted by Crippen LogP contribution is 2.28. The molecule has 0 atom stereocenters. The number of halogens is 1. The third-order valence-corrected chi connectivity index (χ3v) is 5.03. The van der Waals surface area contributed by atoms with Gasteiger partial charge in [0, 0.05) is 16.3 Å². The summed E-state index contributed by atoms with van der Waals surface area (Å²) in [5.74, 6) is 1.46. The number of anilines is 2. The smallest absolute Gasteiger partial charge is 0.223 e. The maximum Gasteiger partial charge on any atom is 0.223 e. The van der Waals surface area contributed by atoms with Gasteiger partial charge >= 0.3 is 0 Å². The van der Waals surface area contributed by atoms with E-state index in [-0.39, 0.29) is 0 Å². The van der Waals surface area contributed by atoms with Crippen molar-refractivity contribution in [2.45, 2.75) is 17.8 Å². The molecule has 2 N–H and O–H groups in total. The molecule has 2 heterocycles. The minimum absolute atomic E-state index is 0.646. The summed E-state index contributed by atoms with van der Waals surface area (Å²) in [6.45, 7) is 2.05. The van der Waals surface area contributed by atoms with Crippen molar-refractivity contribution in [2.75, 3.05) is 5.32 Å². The fourth-order valence-electron chi connectivity index (χ4n) is 1.79. The second kappa shape index (κ2) is 6.51. The highest BCUT2D eigenvalue weighted by Gasteiger charge is 2.06. The van der Waals surface area contributed by atoms with Gasteiger partial charge in [-0.3, -0.25) is 0 Å². The van der Waals surface area contributed by atoms with Gasteiger partial charge in [0.2, 0.25) is 11.1 Å². The summed E-state index contributed by atoms with van der Waals surface area (Å²) < 4.78 is 0.808. The number of rotatable bonds is 5. The Morgan fingerprint density at radius 3 is 3.00 bits per heavy atom. The van der Waals surface area contributed by atoms with Gasteiger partial charge in [-0.2, -0.15) is 4.98 Å². The number of benzene rings is 1. The van der Waals surface area contributed by atoms with Crippen LogP contribution in [-0.2, 0) is 5.75 Å². The Bertz CT molecular complexity index is 738. The summed E-state index contributed by atoms with van der Waals surface area (Å²) in [7, 11) is 0. The van der Waals surface area contributed by atoms with E-state index in [9.17, 15) is 0 Å². The topological polar surface area (TPSA) is 53.6 Å². The minimum Gasteiger partial charge on any atom is -0.325 e. The second-order valence-electron chi connectivity index (χ2n) is 4.46. The normalized spacial score (nSPS) is 10.8. The van der Waals surface area contributed by atoms with E-state index < -0.39 is 0 Å². The Labute approximate surface area is 136 Å². The third-order valence-electron chi connectivity index (χ3n) is 2.72. The molecule has 3 aromatic rings. The monoisotopic (exact) mass is 336 g/mol. The highest BCUT2D eigenvalue weighted by molar-refractivity contribution is 7.98. The van der Waals surface area contributed by atoms with Gasteiger partial charge in [0.05, 0.1) is 4.34 Å². The molecule has 0 spiro atoms. The second-order valence-corrected chi connectivity index (χ2v) is 7.20. The summed E-state index contributed by atoms with van der Waals surface area (Å²) in [5.41, 5.74) is 2.19. The molecule has 0 fully saturated rings.